The van der Waals surface area contributed by atoms with E-state index in [4.69, 9.17) is 4.74 Å². The summed E-state index contributed by atoms with van der Waals surface area (Å²) in [6.07, 6.45) is 4.93. The molecule has 1 amide bonds. The molecule has 0 N–H and O–H groups in total. The maximum Gasteiger partial charge on any atom is 0.253 e. The zero-order chi connectivity index (χ0) is 19.4. The Balaban J connectivity index is 1.59. The lowest BCUT2D eigenvalue weighted by atomic mass is 10.1. The van der Waals surface area contributed by atoms with Gasteiger partial charge in [-0.2, -0.15) is 0 Å². The van der Waals surface area contributed by atoms with Crippen LogP contribution in [0.3, 0.4) is 0 Å². The maximum atomic E-state index is 12.7. The van der Waals surface area contributed by atoms with Gasteiger partial charge in [-0.05, 0) is 36.4 Å². The smallest absolute Gasteiger partial charge is 0.253 e. The summed E-state index contributed by atoms with van der Waals surface area (Å²) in [7, 11) is -0.538. The number of carbonyl (C=O) groups excluding carboxylic acids is 1. The zero-order valence-corrected chi connectivity index (χ0v) is 16.2. The molecule has 0 unspecified atom stereocenters. The largest absolute Gasteiger partial charge is 0.489 e. The quantitative estimate of drug-likeness (QED) is 0.782. The lowest BCUT2D eigenvalue weighted by Gasteiger charge is -2.32. The van der Waals surface area contributed by atoms with E-state index in [1.54, 1.807) is 29.4 Å². The lowest BCUT2D eigenvalue weighted by molar-refractivity contribution is 0.0595. The molecule has 27 heavy (non-hydrogen) atoms. The van der Waals surface area contributed by atoms with Crippen molar-refractivity contribution in [1.29, 1.82) is 0 Å². The number of pyridine rings is 1. The van der Waals surface area contributed by atoms with Crippen LogP contribution in [0, 0.1) is 0 Å². The van der Waals surface area contributed by atoms with Crippen molar-refractivity contribution >= 4 is 15.9 Å². The van der Waals surface area contributed by atoms with Gasteiger partial charge in [-0.25, -0.2) is 12.7 Å². The molecule has 1 aromatic heterocycles. The van der Waals surface area contributed by atoms with Crippen molar-refractivity contribution in [3.63, 3.8) is 0 Å². The summed E-state index contributed by atoms with van der Waals surface area (Å²) in [6.45, 7) is 1.20. The van der Waals surface area contributed by atoms with Gasteiger partial charge < -0.3 is 9.64 Å². The number of likely N-dealkylation sites (tertiary alicyclic amines) is 1. The van der Waals surface area contributed by atoms with Crippen molar-refractivity contribution in [1.82, 2.24) is 14.2 Å². The first-order valence-corrected chi connectivity index (χ1v) is 10.2. The Morgan fingerprint density at radius 2 is 1.81 bits per heavy atom. The third-order valence-corrected chi connectivity index (χ3v) is 6.38. The Labute approximate surface area is 159 Å². The molecule has 1 saturated heterocycles. The Bertz CT molecular complexity index is 875. The maximum absolute atomic E-state index is 12.7. The van der Waals surface area contributed by atoms with Crippen LogP contribution in [0.4, 0.5) is 0 Å². The fraction of sp³-hybridized carbons (Fsp3) is 0.368. The predicted molar refractivity (Wildman–Crippen MR) is 101 cm³/mol. The highest BCUT2D eigenvalue weighted by Crippen LogP contribution is 2.20. The molecule has 7 nitrogen and oxygen atoms in total. The molecule has 1 aromatic carbocycles. The number of piperidine rings is 1. The first kappa shape index (κ1) is 19.3. The molecule has 144 valence electrons. The van der Waals surface area contributed by atoms with Crippen LogP contribution in [0.2, 0.25) is 0 Å². The monoisotopic (exact) mass is 389 g/mol. The molecule has 0 radical (unpaired) electrons. The number of aromatic nitrogens is 1. The molecule has 2 heterocycles. The average molecular weight is 389 g/mol. The van der Waals surface area contributed by atoms with E-state index in [1.165, 1.54) is 26.2 Å². The minimum Gasteiger partial charge on any atom is -0.489 e. The fourth-order valence-electron chi connectivity index (χ4n) is 2.95. The van der Waals surface area contributed by atoms with Crippen LogP contribution >= 0.6 is 0 Å². The third kappa shape index (κ3) is 4.45. The van der Waals surface area contributed by atoms with Crippen LogP contribution in [-0.2, 0) is 10.0 Å². The van der Waals surface area contributed by atoms with E-state index in [-0.39, 0.29) is 16.9 Å². The molecule has 8 heteroatoms. The lowest BCUT2D eigenvalue weighted by Crippen LogP contribution is -2.41. The van der Waals surface area contributed by atoms with Crippen molar-refractivity contribution in [3.05, 3.63) is 54.4 Å². The van der Waals surface area contributed by atoms with Crippen LogP contribution < -0.4 is 4.74 Å². The van der Waals surface area contributed by atoms with Gasteiger partial charge in [0.2, 0.25) is 10.0 Å². The Hall–Kier alpha value is -2.45. The van der Waals surface area contributed by atoms with E-state index >= 15 is 0 Å². The van der Waals surface area contributed by atoms with E-state index in [0.717, 1.165) is 22.9 Å². The number of amides is 1. The number of carbonyl (C=O) groups is 1. The number of nitrogens with zero attached hydrogens (tertiary/aromatic N) is 3. The van der Waals surface area contributed by atoms with E-state index in [0.29, 0.717) is 18.7 Å². The number of rotatable bonds is 5. The Morgan fingerprint density at radius 1 is 1.15 bits per heavy atom. The highest BCUT2D eigenvalue weighted by atomic mass is 32.2. The molecular formula is C19H23N3O4S. The van der Waals surface area contributed by atoms with Crippen molar-refractivity contribution in [2.24, 2.45) is 0 Å². The topological polar surface area (TPSA) is 79.8 Å². The number of benzene rings is 1. The minimum absolute atomic E-state index is 0.0610. The first-order valence-electron chi connectivity index (χ1n) is 8.76. The third-order valence-electron chi connectivity index (χ3n) is 4.55. The van der Waals surface area contributed by atoms with Gasteiger partial charge in [-0.1, -0.05) is 0 Å². The van der Waals surface area contributed by atoms with Crippen molar-refractivity contribution in [3.8, 4) is 5.75 Å². The van der Waals surface area contributed by atoms with E-state index in [1.807, 2.05) is 12.1 Å². The predicted octanol–water partition coefficient (Wildman–Crippen LogP) is 2.02. The van der Waals surface area contributed by atoms with Gasteiger partial charge in [0.05, 0.1) is 11.1 Å². The summed E-state index contributed by atoms with van der Waals surface area (Å²) >= 11 is 0. The van der Waals surface area contributed by atoms with E-state index in [9.17, 15) is 13.2 Å². The van der Waals surface area contributed by atoms with Crippen molar-refractivity contribution in [2.75, 3.05) is 27.2 Å². The Morgan fingerprint density at radius 3 is 2.37 bits per heavy atom. The highest BCUT2D eigenvalue weighted by Gasteiger charge is 2.25. The summed E-state index contributed by atoms with van der Waals surface area (Å²) in [5, 5.41) is 0. The Kier molecular flexibility index (Phi) is 5.76. The minimum atomic E-state index is -3.49. The van der Waals surface area contributed by atoms with Gasteiger partial charge in [0, 0.05) is 51.8 Å². The van der Waals surface area contributed by atoms with Crippen LogP contribution in [-0.4, -0.2) is 61.8 Å². The highest BCUT2D eigenvalue weighted by molar-refractivity contribution is 7.89. The molecule has 3 rings (SSSR count). The molecule has 2 aromatic rings. The van der Waals surface area contributed by atoms with Crippen molar-refractivity contribution in [2.45, 2.75) is 23.8 Å². The summed E-state index contributed by atoms with van der Waals surface area (Å²) in [6, 6.07) is 9.78. The SMILES string of the molecule is CN(C)S(=O)(=O)c1ccc(C(=O)N2CCC(Oc3cccnc3)CC2)cc1. The van der Waals surface area contributed by atoms with Gasteiger partial charge in [0.15, 0.2) is 0 Å². The second-order valence-electron chi connectivity index (χ2n) is 6.61. The number of hydrogen-bond donors (Lipinski definition) is 0. The molecule has 0 aliphatic carbocycles. The van der Waals surface area contributed by atoms with Crippen LogP contribution in [0.25, 0.3) is 0 Å². The average Bonchev–Trinajstić information content (AvgIpc) is 2.69. The molecule has 0 spiro atoms. The van der Waals surface area contributed by atoms with Crippen LogP contribution in [0.15, 0.2) is 53.7 Å². The second-order valence-corrected chi connectivity index (χ2v) is 8.76. The molecule has 0 saturated carbocycles. The molecule has 1 fully saturated rings. The molecule has 0 bridgehead atoms. The second kappa shape index (κ2) is 8.06. The van der Waals surface area contributed by atoms with Gasteiger partial charge in [-0.3, -0.25) is 9.78 Å². The summed E-state index contributed by atoms with van der Waals surface area (Å²) in [5.41, 5.74) is 0.485. The fourth-order valence-corrected chi connectivity index (χ4v) is 3.85. The zero-order valence-electron chi connectivity index (χ0n) is 15.4. The summed E-state index contributed by atoms with van der Waals surface area (Å²) in [5.74, 6) is 0.642. The van der Waals surface area contributed by atoms with Gasteiger partial charge in [-0.15, -0.1) is 0 Å². The van der Waals surface area contributed by atoms with Gasteiger partial charge in [0.25, 0.3) is 5.91 Å². The molecule has 0 atom stereocenters. The standard InChI is InChI=1S/C19H23N3O4S/c1-21(2)27(24,25)18-7-5-15(6-8-18)19(23)22-12-9-16(10-13-22)26-17-4-3-11-20-14-17/h3-8,11,14,16H,9-10,12-13H2,1-2H3. The molecular weight excluding hydrogens is 366 g/mol. The van der Waals surface area contributed by atoms with E-state index < -0.39 is 10.0 Å². The van der Waals surface area contributed by atoms with Gasteiger partial charge >= 0.3 is 0 Å². The molecule has 1 aliphatic heterocycles. The van der Waals surface area contributed by atoms with Crippen LogP contribution in [0.5, 0.6) is 5.75 Å². The number of sulfonamides is 1. The summed E-state index contributed by atoms with van der Waals surface area (Å²) < 4.78 is 31.3. The van der Waals surface area contributed by atoms with Gasteiger partial charge in [0.1, 0.15) is 11.9 Å². The van der Waals surface area contributed by atoms with E-state index in [2.05, 4.69) is 4.98 Å². The van der Waals surface area contributed by atoms with Crippen LogP contribution in [0.1, 0.15) is 23.2 Å². The summed E-state index contributed by atoms with van der Waals surface area (Å²) in [4.78, 5) is 18.7. The molecule has 1 aliphatic rings. The normalized spacial score (nSPS) is 15.7. The number of ether oxygens (including phenoxy) is 1. The van der Waals surface area contributed by atoms with Crippen molar-refractivity contribution < 1.29 is 17.9 Å². The first-order chi connectivity index (χ1) is 12.9. The number of hydrogen-bond acceptors (Lipinski definition) is 5.